The zero-order valence-electron chi connectivity index (χ0n) is 33.2. The van der Waals surface area contributed by atoms with Crippen molar-refractivity contribution in [1.29, 1.82) is 0 Å². The van der Waals surface area contributed by atoms with Crippen LogP contribution in [-0.2, 0) is 16.0 Å². The first-order valence-electron chi connectivity index (χ1n) is 17.5. The molecule has 30 heavy (non-hydrogen) atoms. The molecule has 3 rings (SSSR count). The number of hydrogen-bond acceptors (Lipinski definition) is 6. The third-order valence-electron chi connectivity index (χ3n) is 5.36. The number of methoxy groups -OCH3 is 2. The molecule has 1 aromatic carbocycles. The number of nitrogens with zero attached hydrogens (tertiary/aromatic N) is 1. The summed E-state index contributed by atoms with van der Waals surface area (Å²) in [6.07, 6.45) is -4.98. The smallest absolute Gasteiger partial charge is 0.323 e. The summed E-state index contributed by atoms with van der Waals surface area (Å²) in [6, 6.07) is -4.96. The summed E-state index contributed by atoms with van der Waals surface area (Å²) in [5.41, 5.74) is 6.35. The van der Waals surface area contributed by atoms with Crippen molar-refractivity contribution in [2.75, 3.05) is 27.3 Å². The van der Waals surface area contributed by atoms with Gasteiger partial charge in [0.2, 0.25) is 0 Å². The second-order valence-electron chi connectivity index (χ2n) is 7.31. The topological polar surface area (TPSA) is 74.0 Å². The fourth-order valence-corrected chi connectivity index (χ4v) is 3.97. The summed E-state index contributed by atoms with van der Waals surface area (Å²) in [6.45, 7) is -10.2. The number of hydrogen-bond donors (Lipinski definition) is 1. The minimum atomic E-state index is -3.92. The van der Waals surface area contributed by atoms with Crippen molar-refractivity contribution in [3.63, 3.8) is 0 Å². The van der Waals surface area contributed by atoms with E-state index in [2.05, 4.69) is 0 Å². The van der Waals surface area contributed by atoms with Gasteiger partial charge in [0.15, 0.2) is 11.5 Å². The van der Waals surface area contributed by atoms with E-state index in [-0.39, 0.29) is 48.7 Å². The van der Waals surface area contributed by atoms with Crippen LogP contribution in [-0.4, -0.2) is 50.3 Å². The van der Waals surface area contributed by atoms with Crippen LogP contribution in [0.5, 0.6) is 11.5 Å². The maximum absolute atomic E-state index is 13.6. The lowest BCUT2D eigenvalue weighted by Gasteiger charge is -2.47. The van der Waals surface area contributed by atoms with E-state index in [1.807, 2.05) is 0 Å². The summed E-state index contributed by atoms with van der Waals surface area (Å²) in [4.78, 5) is 15.2. The van der Waals surface area contributed by atoms with Crippen LogP contribution < -0.4 is 15.2 Å². The first-order chi connectivity index (χ1) is 20.6. The van der Waals surface area contributed by atoms with E-state index in [0.29, 0.717) is 5.56 Å². The highest BCUT2D eigenvalue weighted by Crippen LogP contribution is 2.44. The minimum absolute atomic E-state index is 0.00131. The maximum Gasteiger partial charge on any atom is 0.323 e. The van der Waals surface area contributed by atoms with Crippen molar-refractivity contribution < 1.29 is 40.9 Å². The van der Waals surface area contributed by atoms with Crippen molar-refractivity contribution in [3.8, 4) is 11.5 Å². The molecule has 6 nitrogen and oxygen atoms in total. The van der Waals surface area contributed by atoms with Crippen molar-refractivity contribution in [1.82, 2.24) is 4.90 Å². The normalized spacial score (nSPS) is 37.8. The summed E-state index contributed by atoms with van der Waals surface area (Å²) in [5.74, 6) is -10.4. The molecule has 0 saturated carbocycles. The van der Waals surface area contributed by atoms with E-state index in [4.69, 9.17) is 41.9 Å². The Bertz CT molecular complexity index is 1330. The number of ether oxygens (including phenoxy) is 3. The number of fused-ring (bicyclic) bond motifs is 3. The highest BCUT2D eigenvalue weighted by atomic mass is 16.5. The Labute approximate surface area is 203 Å². The Morgan fingerprint density at radius 1 is 1.37 bits per heavy atom. The average Bonchev–Trinajstić information content (AvgIpc) is 2.91. The van der Waals surface area contributed by atoms with Gasteiger partial charge in [0.25, 0.3) is 0 Å². The van der Waals surface area contributed by atoms with Crippen molar-refractivity contribution >= 4 is 5.97 Å². The lowest BCUT2D eigenvalue weighted by molar-refractivity contribution is -0.160. The molecule has 2 aliphatic heterocycles. The van der Waals surface area contributed by atoms with Crippen LogP contribution in [0.1, 0.15) is 79.4 Å². The Hall–Kier alpha value is -1.79. The van der Waals surface area contributed by atoms with Crippen LogP contribution in [0.25, 0.3) is 0 Å². The molecule has 5 atom stereocenters. The molecule has 168 valence electrons. The molecular formula is C24H38N2O4. The summed E-state index contributed by atoms with van der Waals surface area (Å²) < 4.78 is 146. The lowest BCUT2D eigenvalue weighted by atomic mass is 9.79. The van der Waals surface area contributed by atoms with E-state index in [1.54, 1.807) is 4.90 Å². The summed E-state index contributed by atoms with van der Waals surface area (Å²) in [5, 5.41) is 0. The highest BCUT2D eigenvalue weighted by molar-refractivity contribution is 5.76. The fraction of sp³-hybridized carbons (Fsp3) is 0.708. The van der Waals surface area contributed by atoms with Gasteiger partial charge in [-0.2, -0.15) is 0 Å². The molecule has 1 fully saturated rings. The number of rotatable bonds is 7. The van der Waals surface area contributed by atoms with Gasteiger partial charge in [0.1, 0.15) is 12.1 Å². The first-order valence-corrected chi connectivity index (χ1v) is 9.54. The second-order valence-corrected chi connectivity index (χ2v) is 7.31. The van der Waals surface area contributed by atoms with Gasteiger partial charge in [-0.05, 0) is 47.8 Å². The third-order valence-corrected chi connectivity index (χ3v) is 5.36. The van der Waals surface area contributed by atoms with Gasteiger partial charge in [-0.25, -0.2) is 0 Å². The lowest BCUT2D eigenvalue weighted by Crippen LogP contribution is -2.51. The van der Waals surface area contributed by atoms with E-state index < -0.39 is 75.2 Å². The van der Waals surface area contributed by atoms with E-state index in [0.717, 1.165) is 6.92 Å². The van der Waals surface area contributed by atoms with Crippen LogP contribution in [0.15, 0.2) is 12.1 Å². The molecule has 0 spiro atoms. The maximum atomic E-state index is 13.6. The standard InChI is InChI=1S/C24H38N2O4/c1-14(2)9-17-13-26-8-7-16-10-21(28-5)22(29-6)11-18(16)19(26)12-20(17)30-24(27)23(25)15(3)4/h10-11,14-15,17,19-20,23H,7-9,12-13,25H2,1-6H3/t17?,19?,20?,23-/m0/s1/i1D3,3D3,4D3,9D2,10D,11D,14D,15D,23D/t14?,17?,19?,20?,23-. The highest BCUT2D eigenvalue weighted by Gasteiger charge is 2.41. The molecule has 2 aliphatic rings. The number of benzene rings is 1. The van der Waals surface area contributed by atoms with Crippen molar-refractivity contribution in [2.24, 2.45) is 23.4 Å². The third kappa shape index (κ3) is 4.75. The number of carbonyl (C=O) groups is 1. The van der Waals surface area contributed by atoms with Gasteiger partial charge in [0.05, 0.1) is 18.3 Å². The predicted molar refractivity (Wildman–Crippen MR) is 118 cm³/mol. The molecule has 0 amide bonds. The first kappa shape index (κ1) is 9.78. The van der Waals surface area contributed by atoms with Crippen molar-refractivity contribution in [3.05, 3.63) is 23.2 Å². The Kier molecular flexibility index (Phi) is 3.12. The SMILES string of the molecule is [2H]c1c2c(c([2H])c(OC)c1OC)C1CC(OC(=O)[C@@]([2H])(N)C([2H])(C([2H])([2H])[2H])C([2H])([2H])[2H])C(C([2H])([2H])C([2H])(C)C([2H])([2H])[2H])CN1CC2. The van der Waals surface area contributed by atoms with Crippen molar-refractivity contribution in [2.45, 2.75) is 64.9 Å². The fourth-order valence-electron chi connectivity index (χ4n) is 3.97. The number of piperidine rings is 1. The van der Waals surface area contributed by atoms with Gasteiger partial charge < -0.3 is 19.9 Å². The van der Waals surface area contributed by atoms with Crippen LogP contribution in [0.2, 0.25) is 0 Å². The Morgan fingerprint density at radius 3 is 2.77 bits per heavy atom. The Balaban J connectivity index is 2.22. The summed E-state index contributed by atoms with van der Waals surface area (Å²) in [7, 11) is 2.56. The molecule has 1 aromatic rings. The molecule has 2 N–H and O–H groups in total. The minimum Gasteiger partial charge on any atom is -0.493 e. The van der Waals surface area contributed by atoms with Gasteiger partial charge in [-0.3, -0.25) is 9.69 Å². The number of esters is 1. The van der Waals surface area contributed by atoms with Gasteiger partial charge in [-0.1, -0.05) is 27.5 Å². The van der Waals surface area contributed by atoms with E-state index in [9.17, 15) is 4.79 Å². The molecule has 0 bridgehead atoms. The van der Waals surface area contributed by atoms with E-state index in [1.165, 1.54) is 14.2 Å². The zero-order chi connectivity index (χ0) is 35.8. The second kappa shape index (κ2) is 9.56. The van der Waals surface area contributed by atoms with Crippen LogP contribution in [0, 0.1) is 17.7 Å². The van der Waals surface area contributed by atoms with Gasteiger partial charge in [0, 0.05) is 49.3 Å². The zero-order valence-corrected chi connectivity index (χ0v) is 17.2. The molecule has 2 heterocycles. The molecule has 1 saturated heterocycles. The monoisotopic (exact) mass is 434 g/mol. The molecule has 0 aliphatic carbocycles. The van der Waals surface area contributed by atoms with E-state index >= 15 is 0 Å². The number of nitrogens with two attached hydrogens (primary N) is 1. The molecule has 0 radical (unpaired) electrons. The quantitative estimate of drug-likeness (QED) is 0.662. The molecule has 0 aromatic heterocycles. The number of carbonyl (C=O) groups excluding carboxylic acids is 1. The average molecular weight is 435 g/mol. The van der Waals surface area contributed by atoms with Crippen LogP contribution >= 0.6 is 0 Å². The molecular weight excluding hydrogens is 380 g/mol. The molecule has 6 heteroatoms. The van der Waals surface area contributed by atoms with Crippen LogP contribution in [0.4, 0.5) is 0 Å². The largest absolute Gasteiger partial charge is 0.493 e. The van der Waals surface area contributed by atoms with Gasteiger partial charge >= 0.3 is 5.97 Å². The Morgan fingerprint density at radius 2 is 2.10 bits per heavy atom. The van der Waals surface area contributed by atoms with Crippen LogP contribution in [0.3, 0.4) is 0 Å². The van der Waals surface area contributed by atoms with Gasteiger partial charge in [-0.15, -0.1) is 0 Å². The summed E-state index contributed by atoms with van der Waals surface area (Å²) >= 11 is 0. The molecule has 4 unspecified atom stereocenters. The predicted octanol–water partition coefficient (Wildman–Crippen LogP) is 3.56.